The molecule has 6 heteroatoms. The molecule has 0 aromatic carbocycles. The molecule has 0 atom stereocenters. The van der Waals surface area contributed by atoms with Crippen LogP contribution in [0.15, 0.2) is 6.20 Å². The third-order valence-electron chi connectivity index (χ3n) is 4.37. The van der Waals surface area contributed by atoms with E-state index in [1.54, 1.807) is 7.11 Å². The van der Waals surface area contributed by atoms with Crippen LogP contribution in [0.1, 0.15) is 39.8 Å². The molecule has 0 spiro atoms. The van der Waals surface area contributed by atoms with Gasteiger partial charge in [-0.3, -0.25) is 4.68 Å². The van der Waals surface area contributed by atoms with Crippen LogP contribution in [-0.2, 0) is 20.6 Å². The van der Waals surface area contributed by atoms with Crippen LogP contribution in [0.5, 0.6) is 0 Å². The highest BCUT2D eigenvalue weighted by atomic mass is 16.7. The summed E-state index contributed by atoms with van der Waals surface area (Å²) >= 11 is 0. The van der Waals surface area contributed by atoms with Crippen LogP contribution >= 0.6 is 0 Å². The van der Waals surface area contributed by atoms with Gasteiger partial charge in [0.2, 0.25) is 0 Å². The molecule has 2 heterocycles. The summed E-state index contributed by atoms with van der Waals surface area (Å²) in [7, 11) is 1.38. The predicted molar refractivity (Wildman–Crippen MR) is 79.2 cm³/mol. The van der Waals surface area contributed by atoms with Crippen molar-refractivity contribution in [2.45, 2.75) is 58.8 Å². The fourth-order valence-electron chi connectivity index (χ4n) is 2.25. The highest BCUT2D eigenvalue weighted by molar-refractivity contribution is 6.62. The highest BCUT2D eigenvalue weighted by Crippen LogP contribution is 2.36. The number of hydrogen-bond acceptors (Lipinski definition) is 4. The van der Waals surface area contributed by atoms with Gasteiger partial charge in [0, 0.05) is 37.6 Å². The van der Waals surface area contributed by atoms with Crippen molar-refractivity contribution in [2.24, 2.45) is 0 Å². The van der Waals surface area contributed by atoms with Crippen LogP contribution in [0.4, 0.5) is 0 Å². The van der Waals surface area contributed by atoms with Gasteiger partial charge in [-0.05, 0) is 41.0 Å². The Balaban J connectivity index is 2.11. The van der Waals surface area contributed by atoms with E-state index in [1.807, 2.05) is 10.9 Å². The Hall–Kier alpha value is -0.845. The minimum absolute atomic E-state index is 0.317. The number of aromatic nitrogens is 2. The number of hydrogen-bond donors (Lipinski definition) is 0. The second-order valence-electron chi connectivity index (χ2n) is 6.34. The first-order chi connectivity index (χ1) is 9.28. The first kappa shape index (κ1) is 15.5. The van der Waals surface area contributed by atoms with Gasteiger partial charge in [0.1, 0.15) is 0 Å². The number of rotatable bonds is 5. The standard InChI is InChI=1S/C14H25BN2O3/c1-11-12(10-16-17(11)8-7-9-18-6)15-19-13(2,3)14(4,5)20-15/h10H,7-9H2,1-6H3. The lowest BCUT2D eigenvalue weighted by Gasteiger charge is -2.32. The van der Waals surface area contributed by atoms with Gasteiger partial charge in [0.05, 0.1) is 11.2 Å². The van der Waals surface area contributed by atoms with Crippen molar-refractivity contribution in [1.82, 2.24) is 9.78 Å². The molecule has 1 aliphatic heterocycles. The van der Waals surface area contributed by atoms with Gasteiger partial charge in [-0.1, -0.05) is 0 Å². The topological polar surface area (TPSA) is 45.5 Å². The average Bonchev–Trinajstić information content (AvgIpc) is 2.79. The molecular formula is C14H25BN2O3. The fraction of sp³-hybridized carbons (Fsp3) is 0.786. The van der Waals surface area contributed by atoms with E-state index < -0.39 is 0 Å². The van der Waals surface area contributed by atoms with Gasteiger partial charge in [0.25, 0.3) is 0 Å². The van der Waals surface area contributed by atoms with Crippen molar-refractivity contribution in [3.8, 4) is 0 Å². The number of nitrogens with zero attached hydrogens (tertiary/aromatic N) is 2. The minimum Gasteiger partial charge on any atom is -0.399 e. The zero-order valence-corrected chi connectivity index (χ0v) is 13.4. The van der Waals surface area contributed by atoms with E-state index in [9.17, 15) is 0 Å². The maximum absolute atomic E-state index is 6.07. The van der Waals surface area contributed by atoms with Crippen molar-refractivity contribution < 1.29 is 14.0 Å². The zero-order valence-electron chi connectivity index (χ0n) is 13.4. The molecule has 0 aliphatic carbocycles. The van der Waals surface area contributed by atoms with Crippen molar-refractivity contribution in [1.29, 1.82) is 0 Å². The molecular weight excluding hydrogens is 255 g/mol. The average molecular weight is 280 g/mol. The molecule has 0 amide bonds. The second-order valence-corrected chi connectivity index (χ2v) is 6.34. The van der Waals surface area contributed by atoms with E-state index in [-0.39, 0.29) is 18.3 Å². The molecule has 0 N–H and O–H groups in total. The summed E-state index contributed by atoms with van der Waals surface area (Å²) in [6.07, 6.45) is 2.80. The van der Waals surface area contributed by atoms with Gasteiger partial charge >= 0.3 is 7.12 Å². The van der Waals surface area contributed by atoms with E-state index in [1.165, 1.54) is 0 Å². The minimum atomic E-state index is -0.337. The lowest BCUT2D eigenvalue weighted by molar-refractivity contribution is 0.00578. The Morgan fingerprint density at radius 2 is 1.85 bits per heavy atom. The molecule has 0 bridgehead atoms. The number of ether oxygens (including phenoxy) is 1. The first-order valence-electron chi connectivity index (χ1n) is 7.15. The summed E-state index contributed by atoms with van der Waals surface area (Å²) in [5, 5.41) is 4.43. The van der Waals surface area contributed by atoms with Crippen molar-refractivity contribution in [3.05, 3.63) is 11.9 Å². The molecule has 1 saturated heterocycles. The Morgan fingerprint density at radius 3 is 2.40 bits per heavy atom. The van der Waals surface area contributed by atoms with Crippen molar-refractivity contribution in [3.63, 3.8) is 0 Å². The van der Waals surface area contributed by atoms with Gasteiger partial charge in [0.15, 0.2) is 0 Å². The predicted octanol–water partition coefficient (Wildman–Crippen LogP) is 1.53. The Labute approximate surface area is 121 Å². The van der Waals surface area contributed by atoms with E-state index in [0.29, 0.717) is 0 Å². The Morgan fingerprint density at radius 1 is 1.25 bits per heavy atom. The van der Waals surface area contributed by atoms with Gasteiger partial charge in [-0.25, -0.2) is 0 Å². The molecule has 5 nitrogen and oxygen atoms in total. The molecule has 1 aliphatic rings. The summed E-state index contributed by atoms with van der Waals surface area (Å²) < 4.78 is 19.2. The SMILES string of the molecule is COCCCn1ncc(B2OC(C)(C)C(C)(C)O2)c1C. The maximum atomic E-state index is 6.07. The van der Waals surface area contributed by atoms with E-state index in [4.69, 9.17) is 14.0 Å². The van der Waals surface area contributed by atoms with Gasteiger partial charge in [-0.2, -0.15) is 5.10 Å². The summed E-state index contributed by atoms with van der Waals surface area (Å²) in [5.74, 6) is 0. The number of aryl methyl sites for hydroxylation is 1. The van der Waals surface area contributed by atoms with Crippen LogP contribution in [-0.4, -0.2) is 41.8 Å². The highest BCUT2D eigenvalue weighted by Gasteiger charge is 2.52. The van der Waals surface area contributed by atoms with Crippen LogP contribution in [0.25, 0.3) is 0 Å². The monoisotopic (exact) mass is 280 g/mol. The van der Waals surface area contributed by atoms with Crippen molar-refractivity contribution in [2.75, 3.05) is 13.7 Å². The normalized spacial score (nSPS) is 20.6. The third-order valence-corrected chi connectivity index (χ3v) is 4.37. The largest absolute Gasteiger partial charge is 0.498 e. The maximum Gasteiger partial charge on any atom is 0.498 e. The van der Waals surface area contributed by atoms with Crippen LogP contribution < -0.4 is 5.46 Å². The lowest BCUT2D eigenvalue weighted by atomic mass is 9.79. The van der Waals surface area contributed by atoms with E-state index >= 15 is 0 Å². The molecule has 2 rings (SSSR count). The van der Waals surface area contributed by atoms with Crippen LogP contribution in [0.3, 0.4) is 0 Å². The fourth-order valence-corrected chi connectivity index (χ4v) is 2.25. The van der Waals surface area contributed by atoms with Crippen molar-refractivity contribution >= 4 is 12.6 Å². The molecule has 0 radical (unpaired) electrons. The van der Waals surface area contributed by atoms with Gasteiger partial charge < -0.3 is 14.0 Å². The van der Waals surface area contributed by atoms with Gasteiger partial charge in [-0.15, -0.1) is 0 Å². The molecule has 1 fully saturated rings. The smallest absolute Gasteiger partial charge is 0.399 e. The van der Waals surface area contributed by atoms with Crippen LogP contribution in [0.2, 0.25) is 0 Å². The molecule has 1 aromatic rings. The Kier molecular flexibility index (Phi) is 4.28. The molecule has 0 unspecified atom stereocenters. The first-order valence-corrected chi connectivity index (χ1v) is 7.15. The second kappa shape index (κ2) is 5.50. The van der Waals surface area contributed by atoms with E-state index in [0.717, 1.165) is 30.7 Å². The van der Waals surface area contributed by atoms with Crippen LogP contribution in [0, 0.1) is 6.92 Å². The Bertz CT molecular complexity index is 455. The summed E-state index contributed by atoms with van der Waals surface area (Å²) in [6.45, 7) is 11.9. The molecule has 112 valence electrons. The quantitative estimate of drug-likeness (QED) is 0.606. The molecule has 1 aromatic heterocycles. The molecule has 20 heavy (non-hydrogen) atoms. The van der Waals surface area contributed by atoms with E-state index in [2.05, 4.69) is 39.7 Å². The summed E-state index contributed by atoms with van der Waals surface area (Å²) in [4.78, 5) is 0. The zero-order chi connectivity index (χ0) is 15.0. The number of methoxy groups -OCH3 is 1. The third kappa shape index (κ3) is 2.78. The molecule has 0 saturated carbocycles. The summed E-state index contributed by atoms with van der Waals surface area (Å²) in [6, 6.07) is 0. The lowest BCUT2D eigenvalue weighted by Crippen LogP contribution is -2.41. The summed E-state index contributed by atoms with van der Waals surface area (Å²) in [5.41, 5.74) is 1.48.